The molecule has 0 aromatic rings. The number of carbonyl (C=O) groups is 1. The summed E-state index contributed by atoms with van der Waals surface area (Å²) in [5.41, 5.74) is 0. The molecule has 0 rings (SSSR count). The lowest BCUT2D eigenvalue weighted by atomic mass is 10.3. The predicted octanol–water partition coefficient (Wildman–Crippen LogP) is 1.76. The molecule has 0 fully saturated rings. The first-order valence-corrected chi connectivity index (χ1v) is 6.40. The zero-order valence-electron chi connectivity index (χ0n) is 11.7. The molecule has 106 valence electrons. The van der Waals surface area contributed by atoms with E-state index in [9.17, 15) is 4.79 Å². The average Bonchev–Trinajstić information content (AvgIpc) is 2.40. The molecule has 0 spiro atoms. The molecule has 1 amide bonds. The van der Waals surface area contributed by atoms with E-state index in [2.05, 4.69) is 31.6 Å². The summed E-state index contributed by atoms with van der Waals surface area (Å²) < 4.78 is 0. The molecule has 19 heavy (non-hydrogen) atoms. The number of hydrogen-bond donors (Lipinski definition) is 1. The monoisotopic (exact) mass is 263 g/mol. The van der Waals surface area contributed by atoms with E-state index in [1.807, 2.05) is 5.01 Å². The van der Waals surface area contributed by atoms with Crippen LogP contribution in [0.1, 0.15) is 6.42 Å². The summed E-state index contributed by atoms with van der Waals surface area (Å²) in [5.74, 6) is 0.0557. The third-order valence-corrected chi connectivity index (χ3v) is 2.42. The molecule has 0 aromatic carbocycles. The highest BCUT2D eigenvalue weighted by Gasteiger charge is 2.17. The average molecular weight is 263 g/mol. The van der Waals surface area contributed by atoms with E-state index in [1.54, 1.807) is 29.3 Å². The van der Waals surface area contributed by atoms with Gasteiger partial charge in [0, 0.05) is 32.6 Å². The lowest BCUT2D eigenvalue weighted by molar-refractivity contribution is -0.145. The number of amides is 1. The summed E-state index contributed by atoms with van der Waals surface area (Å²) in [6.07, 6.45) is 7.46. The maximum atomic E-state index is 12.2. The van der Waals surface area contributed by atoms with Crippen molar-refractivity contribution in [1.82, 2.24) is 15.3 Å². The van der Waals surface area contributed by atoms with Crippen molar-refractivity contribution in [3.05, 3.63) is 50.6 Å². The number of nitrogens with one attached hydrogen (secondary N) is 1. The van der Waals surface area contributed by atoms with Crippen LogP contribution >= 0.6 is 0 Å². The molecule has 4 nitrogen and oxygen atoms in total. The van der Waals surface area contributed by atoms with E-state index in [1.165, 1.54) is 0 Å². The highest BCUT2D eigenvalue weighted by Crippen LogP contribution is 2.02. The van der Waals surface area contributed by atoms with Gasteiger partial charge in [-0.1, -0.05) is 24.3 Å². The lowest BCUT2D eigenvalue weighted by Gasteiger charge is -2.33. The SMILES string of the molecule is C=CCNCCC(=O)N(CC=C)N(CC=C)CC=C. The highest BCUT2D eigenvalue weighted by atomic mass is 16.2. The summed E-state index contributed by atoms with van der Waals surface area (Å²) in [4.78, 5) is 12.2. The summed E-state index contributed by atoms with van der Waals surface area (Å²) >= 11 is 0. The zero-order valence-corrected chi connectivity index (χ0v) is 11.7. The minimum absolute atomic E-state index is 0.0557. The first-order chi connectivity index (χ1) is 9.21. The smallest absolute Gasteiger partial charge is 0.238 e. The molecule has 0 aliphatic carbocycles. The van der Waals surface area contributed by atoms with Crippen LogP contribution in [0.4, 0.5) is 0 Å². The topological polar surface area (TPSA) is 35.6 Å². The van der Waals surface area contributed by atoms with Gasteiger partial charge in [-0.25, -0.2) is 5.01 Å². The normalized spacial score (nSPS) is 9.95. The Balaban J connectivity index is 4.51. The van der Waals surface area contributed by atoms with E-state index in [4.69, 9.17) is 0 Å². The fourth-order valence-electron chi connectivity index (χ4n) is 1.60. The van der Waals surface area contributed by atoms with Gasteiger partial charge in [0.15, 0.2) is 0 Å². The van der Waals surface area contributed by atoms with Crippen LogP contribution in [0.5, 0.6) is 0 Å². The summed E-state index contributed by atoms with van der Waals surface area (Å²) in [5, 5.41) is 6.70. The maximum Gasteiger partial charge on any atom is 0.238 e. The first-order valence-electron chi connectivity index (χ1n) is 6.40. The molecule has 0 aliphatic rings. The van der Waals surface area contributed by atoms with Crippen LogP contribution in [0.3, 0.4) is 0 Å². The largest absolute Gasteiger partial charge is 0.313 e. The zero-order chi connectivity index (χ0) is 14.5. The number of rotatable bonds is 12. The molecule has 0 saturated heterocycles. The van der Waals surface area contributed by atoms with Crippen LogP contribution in [0.25, 0.3) is 0 Å². The minimum atomic E-state index is 0.0557. The Morgan fingerprint density at radius 3 is 2.00 bits per heavy atom. The Morgan fingerprint density at radius 2 is 1.53 bits per heavy atom. The third kappa shape index (κ3) is 7.39. The maximum absolute atomic E-state index is 12.2. The van der Waals surface area contributed by atoms with Gasteiger partial charge in [0.2, 0.25) is 5.91 Å². The second kappa shape index (κ2) is 11.4. The predicted molar refractivity (Wildman–Crippen MR) is 81.6 cm³/mol. The summed E-state index contributed by atoms with van der Waals surface area (Å²) in [6, 6.07) is 0. The standard InChI is InChI=1S/C15H25N3O/c1-5-10-16-11-9-15(19)18(14-8-4)17(12-6-2)13-7-3/h5-8,16H,1-4,9-14H2. The quantitative estimate of drug-likeness (QED) is 0.331. The van der Waals surface area contributed by atoms with Crippen molar-refractivity contribution in [3.8, 4) is 0 Å². The molecule has 4 heteroatoms. The van der Waals surface area contributed by atoms with Crippen LogP contribution in [0.2, 0.25) is 0 Å². The van der Waals surface area contributed by atoms with Crippen molar-refractivity contribution in [1.29, 1.82) is 0 Å². The Kier molecular flexibility index (Phi) is 10.4. The number of nitrogens with zero attached hydrogens (tertiary/aromatic N) is 2. The molecular formula is C15H25N3O. The second-order valence-corrected chi connectivity index (χ2v) is 3.96. The van der Waals surface area contributed by atoms with Crippen LogP contribution in [0.15, 0.2) is 50.6 Å². The molecule has 0 bridgehead atoms. The van der Waals surface area contributed by atoms with E-state index >= 15 is 0 Å². The van der Waals surface area contributed by atoms with E-state index in [-0.39, 0.29) is 5.91 Å². The van der Waals surface area contributed by atoms with E-state index < -0.39 is 0 Å². The molecule has 0 aliphatic heterocycles. The fraction of sp³-hybridized carbons (Fsp3) is 0.400. The number of hydrogen-bond acceptors (Lipinski definition) is 3. The molecule has 0 heterocycles. The van der Waals surface area contributed by atoms with Gasteiger partial charge in [0.05, 0.1) is 6.54 Å². The Hall–Kier alpha value is -1.65. The van der Waals surface area contributed by atoms with Crippen molar-refractivity contribution >= 4 is 5.91 Å². The third-order valence-electron chi connectivity index (χ3n) is 2.42. The molecule has 0 aromatic heterocycles. The summed E-state index contributed by atoms with van der Waals surface area (Å²) in [6.45, 7) is 17.8. The van der Waals surface area contributed by atoms with Crippen molar-refractivity contribution in [2.24, 2.45) is 0 Å². The number of hydrazine groups is 1. The first kappa shape index (κ1) is 17.4. The van der Waals surface area contributed by atoms with Crippen LogP contribution in [0, 0.1) is 0 Å². The van der Waals surface area contributed by atoms with Gasteiger partial charge in [-0.3, -0.25) is 9.80 Å². The van der Waals surface area contributed by atoms with Gasteiger partial charge in [-0.05, 0) is 0 Å². The molecule has 0 radical (unpaired) electrons. The van der Waals surface area contributed by atoms with Gasteiger partial charge in [-0.2, -0.15) is 0 Å². The lowest BCUT2D eigenvalue weighted by Crippen LogP contribution is -2.47. The van der Waals surface area contributed by atoms with Crippen molar-refractivity contribution in [3.63, 3.8) is 0 Å². The van der Waals surface area contributed by atoms with Gasteiger partial charge >= 0.3 is 0 Å². The van der Waals surface area contributed by atoms with E-state index in [0.717, 1.165) is 0 Å². The van der Waals surface area contributed by atoms with Gasteiger partial charge in [0.1, 0.15) is 0 Å². The number of carbonyl (C=O) groups excluding carboxylic acids is 1. The molecular weight excluding hydrogens is 238 g/mol. The van der Waals surface area contributed by atoms with Crippen molar-refractivity contribution < 1.29 is 4.79 Å². The second-order valence-electron chi connectivity index (χ2n) is 3.96. The van der Waals surface area contributed by atoms with Crippen LogP contribution in [-0.4, -0.2) is 48.6 Å². The van der Waals surface area contributed by atoms with Crippen molar-refractivity contribution in [2.45, 2.75) is 6.42 Å². The van der Waals surface area contributed by atoms with Crippen LogP contribution in [-0.2, 0) is 4.79 Å². The fourth-order valence-corrected chi connectivity index (χ4v) is 1.60. The minimum Gasteiger partial charge on any atom is -0.313 e. The molecule has 0 atom stereocenters. The summed E-state index contributed by atoms with van der Waals surface area (Å²) in [7, 11) is 0. The van der Waals surface area contributed by atoms with Gasteiger partial charge in [0.25, 0.3) is 0 Å². The Bertz CT molecular complexity index is 303. The molecule has 0 saturated carbocycles. The van der Waals surface area contributed by atoms with Gasteiger partial charge < -0.3 is 5.32 Å². The molecule has 0 unspecified atom stereocenters. The van der Waals surface area contributed by atoms with Gasteiger partial charge in [-0.15, -0.1) is 26.3 Å². The van der Waals surface area contributed by atoms with Crippen LogP contribution < -0.4 is 5.32 Å². The molecule has 1 N–H and O–H groups in total. The highest BCUT2D eigenvalue weighted by molar-refractivity contribution is 5.76. The van der Waals surface area contributed by atoms with Crippen molar-refractivity contribution in [2.75, 3.05) is 32.7 Å². The van der Waals surface area contributed by atoms with E-state index in [0.29, 0.717) is 39.1 Å². The Labute approximate surface area is 116 Å². The Morgan fingerprint density at radius 1 is 0.947 bits per heavy atom.